The van der Waals surface area contributed by atoms with Crippen LogP contribution < -0.4 is 27.4 Å². The minimum absolute atomic E-state index is 0.116. The van der Waals surface area contributed by atoms with Crippen molar-refractivity contribution < 1.29 is 9.59 Å². The Morgan fingerprint density at radius 1 is 1.11 bits per heavy atom. The van der Waals surface area contributed by atoms with Crippen molar-refractivity contribution in [3.05, 3.63) is 30.1 Å². The fourth-order valence-corrected chi connectivity index (χ4v) is 4.19. The topological polar surface area (TPSA) is 177 Å². The van der Waals surface area contributed by atoms with Crippen LogP contribution >= 0.6 is 0 Å². The van der Waals surface area contributed by atoms with Crippen molar-refractivity contribution in [3.63, 3.8) is 0 Å². The van der Waals surface area contributed by atoms with E-state index in [1.807, 2.05) is 24.3 Å². The number of hydrogen-bond donors (Lipinski definition) is 6. The van der Waals surface area contributed by atoms with Gasteiger partial charge in [0.25, 0.3) is 0 Å². The van der Waals surface area contributed by atoms with Gasteiger partial charge in [0.05, 0.1) is 11.0 Å². The summed E-state index contributed by atoms with van der Waals surface area (Å²) in [4.78, 5) is 33.4. The second-order valence-electron chi connectivity index (χ2n) is 8.48. The fraction of sp³-hybridized carbons (Fsp3) is 0.458. The van der Waals surface area contributed by atoms with E-state index in [4.69, 9.17) is 21.9 Å². The number of rotatable bonds is 12. The van der Waals surface area contributed by atoms with Crippen LogP contribution in [0.3, 0.4) is 0 Å². The Hall–Kier alpha value is -3.89. The second-order valence-corrected chi connectivity index (χ2v) is 8.48. The molecule has 2 heterocycles. The zero-order valence-corrected chi connectivity index (χ0v) is 20.4. The zero-order valence-electron chi connectivity index (χ0n) is 20.4. The Morgan fingerprint density at radius 2 is 1.86 bits per heavy atom. The van der Waals surface area contributed by atoms with Crippen LogP contribution in [-0.4, -0.2) is 51.4 Å². The predicted octanol–water partition coefficient (Wildman–Crippen LogP) is 1.39. The maximum absolute atomic E-state index is 12.6. The molecule has 11 heteroatoms. The largest absolute Gasteiger partial charge is 0.382 e. The van der Waals surface area contributed by atoms with Crippen molar-refractivity contribution in [1.82, 2.24) is 30.5 Å². The van der Waals surface area contributed by atoms with Crippen LogP contribution in [0.1, 0.15) is 45.4 Å². The number of carbonyl (C=O) groups excluding carboxylic acids is 2. The standard InChI is InChI=1S/C24H35N9O2/c1-3-19-32-20-21(16-9-4-5-10-17(16)31-22(20)25)33(19)14-7-6-12-28-23(35)18(30-15(2)34)11-8-13-29-24(26)27/h4-5,9-10,18H,3,6-8,11-14H2,1-2H3,(H2,25,31)(H,28,35)(H,30,34)(H4,26,27,29). The summed E-state index contributed by atoms with van der Waals surface area (Å²) in [5.74, 6) is 0.801. The molecule has 2 amide bonds. The number of benzene rings is 1. The number of hydrogen-bond acceptors (Lipinski definition) is 6. The first-order valence-electron chi connectivity index (χ1n) is 12.0. The predicted molar refractivity (Wildman–Crippen MR) is 138 cm³/mol. The number of nitrogens with one attached hydrogen (secondary N) is 4. The lowest BCUT2D eigenvalue weighted by Crippen LogP contribution is -2.46. The highest BCUT2D eigenvalue weighted by Crippen LogP contribution is 2.29. The van der Waals surface area contributed by atoms with Gasteiger partial charge in [-0.05, 0) is 31.7 Å². The van der Waals surface area contributed by atoms with Gasteiger partial charge in [0, 0.05) is 38.4 Å². The molecule has 188 valence electrons. The Morgan fingerprint density at radius 3 is 2.57 bits per heavy atom. The first-order valence-corrected chi connectivity index (χ1v) is 12.0. The molecule has 0 aliphatic carbocycles. The quantitative estimate of drug-likeness (QED) is 0.129. The van der Waals surface area contributed by atoms with E-state index in [0.29, 0.717) is 31.7 Å². The minimum Gasteiger partial charge on any atom is -0.382 e. The Kier molecular flexibility index (Phi) is 8.82. The van der Waals surface area contributed by atoms with Crippen LogP contribution in [0.2, 0.25) is 0 Å². The van der Waals surface area contributed by atoms with Crippen LogP contribution in [0.15, 0.2) is 24.3 Å². The Balaban J connectivity index is 1.59. The molecule has 0 aliphatic rings. The molecule has 0 bridgehead atoms. The van der Waals surface area contributed by atoms with E-state index in [0.717, 1.165) is 53.6 Å². The van der Waals surface area contributed by atoms with Crippen LogP contribution in [0, 0.1) is 5.41 Å². The monoisotopic (exact) mass is 481 g/mol. The lowest BCUT2D eigenvalue weighted by molar-refractivity contribution is -0.128. The molecule has 2 aromatic heterocycles. The number of aromatic nitrogens is 3. The number of unbranched alkanes of at least 4 members (excludes halogenated alkanes) is 1. The van der Waals surface area contributed by atoms with Gasteiger partial charge >= 0.3 is 0 Å². The number of carbonyl (C=O) groups is 2. The first-order chi connectivity index (χ1) is 16.8. The number of amides is 2. The number of pyridine rings is 1. The number of nitrogens with zero attached hydrogens (tertiary/aromatic N) is 3. The van der Waals surface area contributed by atoms with Gasteiger partial charge in [-0.15, -0.1) is 0 Å². The highest BCUT2D eigenvalue weighted by atomic mass is 16.2. The highest BCUT2D eigenvalue weighted by Gasteiger charge is 2.19. The van der Waals surface area contributed by atoms with Crippen molar-refractivity contribution in [2.45, 2.75) is 58.5 Å². The SMILES string of the molecule is CCc1nc2c(N)nc3ccccc3c2n1CCCCNC(=O)C(CCCNC(=N)N)NC(C)=O. The number of guanidine groups is 1. The van der Waals surface area contributed by atoms with Crippen molar-refractivity contribution in [3.8, 4) is 0 Å². The molecule has 35 heavy (non-hydrogen) atoms. The summed E-state index contributed by atoms with van der Waals surface area (Å²) < 4.78 is 2.21. The molecule has 1 unspecified atom stereocenters. The zero-order chi connectivity index (χ0) is 25.4. The number of imidazole rings is 1. The minimum atomic E-state index is -0.618. The number of anilines is 1. The van der Waals surface area contributed by atoms with Crippen molar-refractivity contribution in [2.24, 2.45) is 5.73 Å². The summed E-state index contributed by atoms with van der Waals surface area (Å²) in [6, 6.07) is 7.30. The number of fused-ring (bicyclic) bond motifs is 3. The van der Waals surface area contributed by atoms with E-state index >= 15 is 0 Å². The van der Waals surface area contributed by atoms with Gasteiger partial charge < -0.3 is 32.0 Å². The van der Waals surface area contributed by atoms with Crippen molar-refractivity contribution in [2.75, 3.05) is 18.8 Å². The molecule has 1 aromatic carbocycles. The maximum atomic E-state index is 12.6. The Labute approximate surface area is 204 Å². The van der Waals surface area contributed by atoms with Gasteiger partial charge in [-0.1, -0.05) is 25.1 Å². The van der Waals surface area contributed by atoms with Crippen LogP contribution in [-0.2, 0) is 22.6 Å². The summed E-state index contributed by atoms with van der Waals surface area (Å²) in [5.41, 5.74) is 14.0. The third-order valence-electron chi connectivity index (χ3n) is 5.79. The molecule has 8 N–H and O–H groups in total. The molecule has 3 aromatic rings. The number of para-hydroxylation sites is 1. The number of aryl methyl sites for hydroxylation is 2. The molecule has 0 saturated carbocycles. The van der Waals surface area contributed by atoms with Gasteiger partial charge in [-0.3, -0.25) is 15.0 Å². The first kappa shape index (κ1) is 25.7. The van der Waals surface area contributed by atoms with Crippen LogP contribution in [0.25, 0.3) is 21.9 Å². The van der Waals surface area contributed by atoms with Gasteiger partial charge in [0.1, 0.15) is 17.4 Å². The maximum Gasteiger partial charge on any atom is 0.242 e. The average Bonchev–Trinajstić information content (AvgIpc) is 3.20. The molecule has 0 saturated heterocycles. The number of nitrogen functional groups attached to an aromatic ring is 1. The summed E-state index contributed by atoms with van der Waals surface area (Å²) in [6.45, 7) is 5.17. The molecule has 0 spiro atoms. The molecule has 3 rings (SSSR count). The summed E-state index contributed by atoms with van der Waals surface area (Å²) in [7, 11) is 0. The highest BCUT2D eigenvalue weighted by molar-refractivity contribution is 6.06. The average molecular weight is 482 g/mol. The lowest BCUT2D eigenvalue weighted by Gasteiger charge is -2.18. The lowest BCUT2D eigenvalue weighted by atomic mass is 10.1. The molecule has 0 aliphatic heterocycles. The van der Waals surface area contributed by atoms with E-state index in [2.05, 4.69) is 32.4 Å². The van der Waals surface area contributed by atoms with Gasteiger partial charge in [-0.2, -0.15) is 0 Å². The van der Waals surface area contributed by atoms with E-state index in [1.165, 1.54) is 6.92 Å². The number of nitrogens with two attached hydrogens (primary N) is 2. The summed E-state index contributed by atoms with van der Waals surface area (Å²) >= 11 is 0. The van der Waals surface area contributed by atoms with E-state index in [1.54, 1.807) is 0 Å². The van der Waals surface area contributed by atoms with E-state index in [9.17, 15) is 9.59 Å². The molecule has 1 atom stereocenters. The van der Waals surface area contributed by atoms with Gasteiger partial charge in [-0.25, -0.2) is 9.97 Å². The Bertz CT molecular complexity index is 1200. The van der Waals surface area contributed by atoms with E-state index in [-0.39, 0.29) is 17.8 Å². The fourth-order valence-electron chi connectivity index (χ4n) is 4.19. The van der Waals surface area contributed by atoms with Gasteiger partial charge in [0.2, 0.25) is 11.8 Å². The second kappa shape index (κ2) is 12.0. The van der Waals surface area contributed by atoms with Gasteiger partial charge in [0.15, 0.2) is 11.8 Å². The molecular formula is C24H35N9O2. The van der Waals surface area contributed by atoms with Crippen molar-refractivity contribution in [1.29, 1.82) is 5.41 Å². The van der Waals surface area contributed by atoms with E-state index < -0.39 is 6.04 Å². The molecule has 0 fully saturated rings. The normalized spacial score (nSPS) is 11.9. The summed E-state index contributed by atoms with van der Waals surface area (Å²) in [6.07, 6.45) is 3.43. The van der Waals surface area contributed by atoms with Crippen LogP contribution in [0.4, 0.5) is 5.82 Å². The molecule has 0 radical (unpaired) electrons. The molecular weight excluding hydrogens is 446 g/mol. The third-order valence-corrected chi connectivity index (χ3v) is 5.79. The summed E-state index contributed by atoms with van der Waals surface area (Å²) in [5, 5.41) is 16.5. The van der Waals surface area contributed by atoms with Crippen molar-refractivity contribution >= 4 is 45.5 Å². The van der Waals surface area contributed by atoms with Crippen LogP contribution in [0.5, 0.6) is 0 Å². The molecule has 11 nitrogen and oxygen atoms in total. The third kappa shape index (κ3) is 6.58. The smallest absolute Gasteiger partial charge is 0.242 e.